The van der Waals surface area contributed by atoms with Gasteiger partial charge < -0.3 is 4.42 Å². The summed E-state index contributed by atoms with van der Waals surface area (Å²) < 4.78 is 32.8. The Morgan fingerprint density at radius 3 is 2.53 bits per heavy atom. The molecule has 0 saturated carbocycles. The van der Waals surface area contributed by atoms with Gasteiger partial charge in [0.15, 0.2) is 0 Å². The molecule has 0 aliphatic carbocycles. The molecule has 0 radical (unpaired) electrons. The van der Waals surface area contributed by atoms with E-state index in [1.54, 1.807) is 0 Å². The maximum atomic E-state index is 12.9. The molecule has 9 heteroatoms. The van der Waals surface area contributed by atoms with Crippen molar-refractivity contribution in [1.82, 2.24) is 14.5 Å². The Morgan fingerprint density at radius 1 is 1.12 bits per heavy atom. The smallest absolute Gasteiger partial charge is 0.322 e. The van der Waals surface area contributed by atoms with Gasteiger partial charge in [-0.1, -0.05) is 41.9 Å². The summed E-state index contributed by atoms with van der Waals surface area (Å²) in [5, 5.41) is 10.4. The maximum Gasteiger partial charge on any atom is 0.322 e. The van der Waals surface area contributed by atoms with E-state index in [2.05, 4.69) is 22.4 Å². The normalized spacial score (nSPS) is 17.2. The molecule has 168 valence electrons. The van der Waals surface area contributed by atoms with E-state index >= 15 is 0 Å². The molecule has 4 rings (SSSR count). The Hall–Kier alpha value is -3.04. The van der Waals surface area contributed by atoms with Crippen LogP contribution in [0.4, 0.5) is 6.01 Å². The number of aromatic nitrogens is 2. The largest absolute Gasteiger partial charge is 0.407 e. The first-order valence-electron chi connectivity index (χ1n) is 10.6. The number of aryl methyl sites for hydroxylation is 1. The van der Waals surface area contributed by atoms with Gasteiger partial charge >= 0.3 is 6.01 Å². The summed E-state index contributed by atoms with van der Waals surface area (Å²) in [6.45, 7) is 5.11. The second-order valence-corrected chi connectivity index (χ2v) is 10.2. The monoisotopic (exact) mass is 454 g/mol. The average molecular weight is 455 g/mol. The molecule has 8 nitrogen and oxygen atoms in total. The lowest BCUT2D eigenvalue weighted by atomic mass is 10.0. The Labute approximate surface area is 187 Å². The third-order valence-corrected chi connectivity index (χ3v) is 7.42. The predicted octanol–water partition coefficient (Wildman–Crippen LogP) is 3.64. The number of hydrogen-bond acceptors (Lipinski definition) is 6. The molecular weight excluding hydrogens is 428 g/mol. The number of carbonyl (C=O) groups excluding carboxylic acids is 1. The van der Waals surface area contributed by atoms with Crippen molar-refractivity contribution in [1.29, 1.82) is 0 Å². The minimum Gasteiger partial charge on any atom is -0.407 e. The molecule has 2 heterocycles. The summed E-state index contributed by atoms with van der Waals surface area (Å²) in [5.41, 5.74) is 2.49. The fraction of sp³-hybridized carbons (Fsp3) is 0.348. The van der Waals surface area contributed by atoms with Crippen LogP contribution in [0.1, 0.15) is 47.1 Å². The minimum absolute atomic E-state index is 0.00360. The van der Waals surface area contributed by atoms with Crippen molar-refractivity contribution in [2.24, 2.45) is 5.92 Å². The summed E-state index contributed by atoms with van der Waals surface area (Å²) in [6.07, 6.45) is 2.36. The number of amides is 1. The highest BCUT2D eigenvalue weighted by Crippen LogP contribution is 2.24. The Kier molecular flexibility index (Phi) is 6.38. The van der Waals surface area contributed by atoms with Gasteiger partial charge in [-0.15, -0.1) is 5.10 Å². The molecular formula is C23H26N4O4S. The van der Waals surface area contributed by atoms with Crippen molar-refractivity contribution < 1.29 is 17.6 Å². The van der Waals surface area contributed by atoms with Crippen LogP contribution in [-0.4, -0.2) is 41.9 Å². The molecule has 1 aliphatic rings. The highest BCUT2D eigenvalue weighted by atomic mass is 32.2. The van der Waals surface area contributed by atoms with E-state index in [9.17, 15) is 13.2 Å². The van der Waals surface area contributed by atoms with Gasteiger partial charge in [0.25, 0.3) is 5.91 Å². The van der Waals surface area contributed by atoms with E-state index in [-0.39, 0.29) is 10.9 Å². The standard InChI is InChI=1S/C23H26N4O4S/c1-16-5-7-18(8-6-16)14-21-25-26-23(31-21)24-22(28)19-9-11-20(12-10-19)32(29,30)27-13-3-4-17(2)15-27/h5-12,17H,3-4,13-15H2,1-2H3,(H,24,26,28). The predicted molar refractivity (Wildman–Crippen MR) is 120 cm³/mol. The Morgan fingerprint density at radius 2 is 1.84 bits per heavy atom. The van der Waals surface area contributed by atoms with Crippen LogP contribution in [0, 0.1) is 12.8 Å². The highest BCUT2D eigenvalue weighted by Gasteiger charge is 2.28. The minimum atomic E-state index is -3.56. The van der Waals surface area contributed by atoms with Gasteiger partial charge in [-0.2, -0.15) is 4.31 Å². The van der Waals surface area contributed by atoms with Crippen LogP contribution in [0.3, 0.4) is 0 Å². The lowest BCUT2D eigenvalue weighted by Crippen LogP contribution is -2.39. The maximum absolute atomic E-state index is 12.9. The van der Waals surface area contributed by atoms with Crippen LogP contribution in [0.2, 0.25) is 0 Å². The van der Waals surface area contributed by atoms with Gasteiger partial charge in [0, 0.05) is 18.7 Å². The van der Waals surface area contributed by atoms with Gasteiger partial charge in [0.2, 0.25) is 15.9 Å². The molecule has 1 aromatic heterocycles. The molecule has 1 unspecified atom stereocenters. The molecule has 0 spiro atoms. The molecule has 1 amide bonds. The van der Waals surface area contributed by atoms with Crippen molar-refractivity contribution in [2.45, 2.75) is 38.0 Å². The first-order chi connectivity index (χ1) is 15.3. The van der Waals surface area contributed by atoms with Gasteiger partial charge in [0.05, 0.1) is 11.3 Å². The fourth-order valence-electron chi connectivity index (χ4n) is 3.72. The van der Waals surface area contributed by atoms with Gasteiger partial charge in [0.1, 0.15) is 0 Å². The Bertz CT molecular complexity index is 1190. The first-order valence-corrected chi connectivity index (χ1v) is 12.0. The summed E-state index contributed by atoms with van der Waals surface area (Å²) in [4.78, 5) is 12.7. The highest BCUT2D eigenvalue weighted by molar-refractivity contribution is 7.89. The van der Waals surface area contributed by atoms with Crippen molar-refractivity contribution in [3.8, 4) is 0 Å². The lowest BCUT2D eigenvalue weighted by molar-refractivity contribution is 0.102. The van der Waals surface area contributed by atoms with Crippen LogP contribution in [0.25, 0.3) is 0 Å². The van der Waals surface area contributed by atoms with Crippen molar-refractivity contribution in [3.05, 3.63) is 71.1 Å². The number of carbonyl (C=O) groups is 1. The molecule has 3 aromatic rings. The zero-order valence-electron chi connectivity index (χ0n) is 18.1. The lowest BCUT2D eigenvalue weighted by Gasteiger charge is -2.30. The SMILES string of the molecule is Cc1ccc(Cc2nnc(NC(=O)c3ccc(S(=O)(=O)N4CCCC(C)C4)cc3)o2)cc1. The van der Waals surface area contributed by atoms with Crippen molar-refractivity contribution >= 4 is 21.9 Å². The molecule has 1 fully saturated rings. The van der Waals surface area contributed by atoms with Crippen LogP contribution in [-0.2, 0) is 16.4 Å². The number of sulfonamides is 1. The summed E-state index contributed by atoms with van der Waals surface area (Å²) in [5.74, 6) is 0.279. The average Bonchev–Trinajstić information content (AvgIpc) is 3.22. The summed E-state index contributed by atoms with van der Waals surface area (Å²) >= 11 is 0. The zero-order chi connectivity index (χ0) is 22.7. The van der Waals surface area contributed by atoms with E-state index < -0.39 is 15.9 Å². The number of nitrogens with zero attached hydrogens (tertiary/aromatic N) is 3. The molecule has 1 atom stereocenters. The van der Waals surface area contributed by atoms with E-state index in [1.807, 2.05) is 31.2 Å². The number of piperidine rings is 1. The van der Waals surface area contributed by atoms with Gasteiger partial charge in [-0.25, -0.2) is 8.42 Å². The fourth-order valence-corrected chi connectivity index (χ4v) is 5.32. The molecule has 2 aromatic carbocycles. The van der Waals surface area contributed by atoms with Crippen LogP contribution in [0.5, 0.6) is 0 Å². The van der Waals surface area contributed by atoms with Crippen molar-refractivity contribution in [3.63, 3.8) is 0 Å². The number of hydrogen-bond donors (Lipinski definition) is 1. The number of anilines is 1. The second kappa shape index (κ2) is 9.22. The molecule has 1 saturated heterocycles. The third kappa shape index (κ3) is 5.05. The molecule has 32 heavy (non-hydrogen) atoms. The van der Waals surface area contributed by atoms with E-state index in [4.69, 9.17) is 4.42 Å². The van der Waals surface area contributed by atoms with E-state index in [0.29, 0.717) is 36.9 Å². The van der Waals surface area contributed by atoms with Crippen LogP contribution in [0.15, 0.2) is 57.8 Å². The van der Waals surface area contributed by atoms with E-state index in [0.717, 1.165) is 24.0 Å². The number of nitrogens with one attached hydrogen (secondary N) is 1. The molecule has 1 N–H and O–H groups in total. The summed E-state index contributed by atoms with van der Waals surface area (Å²) in [6, 6.07) is 13.9. The van der Waals surface area contributed by atoms with Crippen LogP contribution < -0.4 is 5.32 Å². The Balaban J connectivity index is 1.40. The zero-order valence-corrected chi connectivity index (χ0v) is 18.9. The summed E-state index contributed by atoms with van der Waals surface area (Å²) in [7, 11) is -3.56. The second-order valence-electron chi connectivity index (χ2n) is 8.25. The van der Waals surface area contributed by atoms with E-state index in [1.165, 1.54) is 28.6 Å². The first kappa shape index (κ1) is 22.2. The molecule has 1 aliphatic heterocycles. The van der Waals surface area contributed by atoms with Crippen molar-refractivity contribution in [2.75, 3.05) is 18.4 Å². The molecule has 0 bridgehead atoms. The number of benzene rings is 2. The topological polar surface area (TPSA) is 105 Å². The quantitative estimate of drug-likeness (QED) is 0.610. The van der Waals surface area contributed by atoms with Gasteiger partial charge in [-0.3, -0.25) is 10.1 Å². The number of rotatable bonds is 6. The third-order valence-electron chi connectivity index (χ3n) is 5.54. The van der Waals surface area contributed by atoms with Crippen LogP contribution >= 0.6 is 0 Å². The van der Waals surface area contributed by atoms with Gasteiger partial charge in [-0.05, 0) is 55.5 Å².